The van der Waals surface area contributed by atoms with E-state index >= 15 is 0 Å². The second-order valence-electron chi connectivity index (χ2n) is 6.12. The summed E-state index contributed by atoms with van der Waals surface area (Å²) in [6, 6.07) is 12.4. The molecule has 6 nitrogen and oxygen atoms in total. The predicted molar refractivity (Wildman–Crippen MR) is 105 cm³/mol. The zero-order valence-corrected chi connectivity index (χ0v) is 16.5. The minimum absolute atomic E-state index is 0.243. The van der Waals surface area contributed by atoms with Gasteiger partial charge in [-0.2, -0.15) is 0 Å². The van der Waals surface area contributed by atoms with Gasteiger partial charge in [0, 0.05) is 23.6 Å². The van der Waals surface area contributed by atoms with Gasteiger partial charge in [-0.25, -0.2) is 9.78 Å². The summed E-state index contributed by atoms with van der Waals surface area (Å²) in [7, 11) is 0. The van der Waals surface area contributed by atoms with Gasteiger partial charge in [-0.3, -0.25) is 4.79 Å². The first-order valence-corrected chi connectivity index (χ1v) is 9.84. The summed E-state index contributed by atoms with van der Waals surface area (Å²) < 4.78 is 10.3. The zero-order valence-electron chi connectivity index (χ0n) is 15.7. The molecule has 28 heavy (non-hydrogen) atoms. The maximum Gasteiger partial charge on any atom is 0.341 e. The van der Waals surface area contributed by atoms with Crippen molar-refractivity contribution in [1.82, 2.24) is 10.1 Å². The Bertz CT molecular complexity index is 967. The van der Waals surface area contributed by atoms with E-state index in [4.69, 9.17) is 9.26 Å². The Kier molecular flexibility index (Phi) is 6.60. The molecule has 0 N–H and O–H groups in total. The quantitative estimate of drug-likeness (QED) is 0.319. The highest BCUT2D eigenvalue weighted by Gasteiger charge is 2.17. The molecule has 0 aliphatic heterocycles. The van der Waals surface area contributed by atoms with E-state index in [0.29, 0.717) is 21.9 Å². The number of benzene rings is 1. The molecule has 3 aromatic rings. The van der Waals surface area contributed by atoms with Gasteiger partial charge in [-0.05, 0) is 31.0 Å². The third kappa shape index (κ3) is 5.07. The van der Waals surface area contributed by atoms with Crippen LogP contribution >= 0.6 is 11.8 Å². The average Bonchev–Trinajstić information content (AvgIpc) is 3.15. The fourth-order valence-corrected chi connectivity index (χ4v) is 3.37. The van der Waals surface area contributed by atoms with Gasteiger partial charge >= 0.3 is 5.97 Å². The second kappa shape index (κ2) is 9.32. The standard InChI is InChI=1S/C21H20N2O4S/c1-3-15-6-8-16(9-7-15)19(24)12-26-21(25)18-5-4-10-22-20(18)28-13-17-11-14(2)27-23-17/h4-11H,3,12-13H2,1-2H3. The Hall–Kier alpha value is -2.93. The van der Waals surface area contributed by atoms with Crippen LogP contribution in [0.1, 0.15) is 44.7 Å². The van der Waals surface area contributed by atoms with E-state index in [1.807, 2.05) is 32.0 Å². The lowest BCUT2D eigenvalue weighted by molar-refractivity contribution is 0.0470. The molecule has 0 saturated heterocycles. The van der Waals surface area contributed by atoms with Crippen molar-refractivity contribution in [3.63, 3.8) is 0 Å². The minimum Gasteiger partial charge on any atom is -0.454 e. The normalized spacial score (nSPS) is 10.6. The third-order valence-electron chi connectivity index (χ3n) is 4.04. The van der Waals surface area contributed by atoms with Gasteiger partial charge in [0.1, 0.15) is 10.8 Å². The number of carbonyl (C=O) groups is 2. The molecule has 7 heteroatoms. The largest absolute Gasteiger partial charge is 0.454 e. The van der Waals surface area contributed by atoms with Crippen molar-refractivity contribution in [2.45, 2.75) is 31.0 Å². The molecule has 3 rings (SSSR count). The molecule has 0 atom stereocenters. The van der Waals surface area contributed by atoms with Crippen LogP contribution < -0.4 is 0 Å². The van der Waals surface area contributed by atoms with Crippen molar-refractivity contribution >= 4 is 23.5 Å². The summed E-state index contributed by atoms with van der Waals surface area (Å²) in [6.07, 6.45) is 2.51. The summed E-state index contributed by atoms with van der Waals surface area (Å²) in [6.45, 7) is 3.55. The molecule has 0 unspecified atom stereocenters. The molecule has 0 bridgehead atoms. The Balaban J connectivity index is 1.61. The lowest BCUT2D eigenvalue weighted by atomic mass is 10.1. The molecule has 2 aromatic heterocycles. The molecular weight excluding hydrogens is 376 g/mol. The lowest BCUT2D eigenvalue weighted by Gasteiger charge is -2.08. The van der Waals surface area contributed by atoms with E-state index in [9.17, 15) is 9.59 Å². The van der Waals surface area contributed by atoms with Crippen LogP contribution in [-0.4, -0.2) is 28.5 Å². The monoisotopic (exact) mass is 396 g/mol. The molecule has 0 aliphatic carbocycles. The maximum atomic E-state index is 12.5. The SMILES string of the molecule is CCc1ccc(C(=O)COC(=O)c2cccnc2SCc2cc(C)on2)cc1. The number of hydrogen-bond donors (Lipinski definition) is 0. The number of esters is 1. The lowest BCUT2D eigenvalue weighted by Crippen LogP contribution is -2.15. The van der Waals surface area contributed by atoms with Crippen molar-refractivity contribution in [1.29, 1.82) is 0 Å². The number of ether oxygens (including phenoxy) is 1. The van der Waals surface area contributed by atoms with Gasteiger partial charge < -0.3 is 9.26 Å². The topological polar surface area (TPSA) is 82.3 Å². The average molecular weight is 396 g/mol. The van der Waals surface area contributed by atoms with E-state index in [1.165, 1.54) is 11.8 Å². The molecule has 0 saturated carbocycles. The van der Waals surface area contributed by atoms with E-state index in [2.05, 4.69) is 10.1 Å². The summed E-state index contributed by atoms with van der Waals surface area (Å²) in [5, 5.41) is 4.45. The molecule has 0 aliphatic rings. The van der Waals surface area contributed by atoms with Crippen LogP contribution in [0.4, 0.5) is 0 Å². The fraction of sp³-hybridized carbons (Fsp3) is 0.238. The number of rotatable bonds is 8. The highest BCUT2D eigenvalue weighted by atomic mass is 32.2. The van der Waals surface area contributed by atoms with Crippen molar-refractivity contribution < 1.29 is 18.8 Å². The summed E-state index contributed by atoms with van der Waals surface area (Å²) in [5.41, 5.74) is 2.75. The Morgan fingerprint density at radius 1 is 1.18 bits per heavy atom. The number of ketones is 1. The van der Waals surface area contributed by atoms with E-state index < -0.39 is 5.97 Å². The first-order chi connectivity index (χ1) is 13.6. The molecule has 0 radical (unpaired) electrons. The fourth-order valence-electron chi connectivity index (χ4n) is 2.51. The smallest absolute Gasteiger partial charge is 0.341 e. The van der Waals surface area contributed by atoms with Crippen LogP contribution in [0, 0.1) is 6.92 Å². The molecule has 0 fully saturated rings. The number of hydrogen-bond acceptors (Lipinski definition) is 7. The molecular formula is C21H20N2O4S. The van der Waals surface area contributed by atoms with Crippen molar-refractivity contribution in [3.05, 3.63) is 76.8 Å². The number of Topliss-reactive ketones (excluding diaryl/α,β-unsaturated/α-hetero) is 1. The van der Waals surface area contributed by atoms with Gasteiger partial charge in [0.15, 0.2) is 12.4 Å². The number of pyridine rings is 1. The first-order valence-electron chi connectivity index (χ1n) is 8.86. The van der Waals surface area contributed by atoms with Crippen LogP contribution in [0.5, 0.6) is 0 Å². The van der Waals surface area contributed by atoms with Gasteiger partial charge in [-0.15, -0.1) is 0 Å². The Morgan fingerprint density at radius 3 is 2.64 bits per heavy atom. The van der Waals surface area contributed by atoms with Crippen LogP contribution in [-0.2, 0) is 16.9 Å². The molecule has 2 heterocycles. The minimum atomic E-state index is -0.578. The highest BCUT2D eigenvalue weighted by Crippen LogP contribution is 2.24. The van der Waals surface area contributed by atoms with Gasteiger partial charge in [0.2, 0.25) is 0 Å². The third-order valence-corrected chi connectivity index (χ3v) is 5.08. The summed E-state index contributed by atoms with van der Waals surface area (Å²) >= 11 is 1.36. The number of aryl methyl sites for hydroxylation is 2. The number of carbonyl (C=O) groups excluding carboxylic acids is 2. The molecule has 144 valence electrons. The molecule has 0 spiro atoms. The molecule has 0 amide bonds. The number of aromatic nitrogens is 2. The van der Waals surface area contributed by atoms with E-state index in [0.717, 1.165) is 23.4 Å². The van der Waals surface area contributed by atoms with Gasteiger partial charge in [0.05, 0.1) is 11.3 Å². The maximum absolute atomic E-state index is 12.5. The van der Waals surface area contributed by atoms with Crippen LogP contribution in [0.2, 0.25) is 0 Å². The van der Waals surface area contributed by atoms with E-state index in [-0.39, 0.29) is 12.4 Å². The summed E-state index contributed by atoms with van der Waals surface area (Å²) in [5.74, 6) is 0.413. The van der Waals surface area contributed by atoms with E-state index in [1.54, 1.807) is 30.5 Å². The zero-order chi connectivity index (χ0) is 19.9. The summed E-state index contributed by atoms with van der Waals surface area (Å²) in [4.78, 5) is 29.0. The van der Waals surface area contributed by atoms with Crippen LogP contribution in [0.3, 0.4) is 0 Å². The van der Waals surface area contributed by atoms with Crippen LogP contribution in [0.15, 0.2) is 58.2 Å². The Morgan fingerprint density at radius 2 is 1.96 bits per heavy atom. The highest BCUT2D eigenvalue weighted by molar-refractivity contribution is 7.98. The van der Waals surface area contributed by atoms with Crippen molar-refractivity contribution in [3.8, 4) is 0 Å². The first kappa shape index (κ1) is 19.8. The second-order valence-corrected chi connectivity index (χ2v) is 7.09. The van der Waals surface area contributed by atoms with Crippen molar-refractivity contribution in [2.24, 2.45) is 0 Å². The number of nitrogens with zero attached hydrogens (tertiary/aromatic N) is 2. The predicted octanol–water partition coefficient (Wildman–Crippen LogP) is 4.27. The number of thioether (sulfide) groups is 1. The Labute approximate surface area is 167 Å². The van der Waals surface area contributed by atoms with Crippen molar-refractivity contribution in [2.75, 3.05) is 6.61 Å². The van der Waals surface area contributed by atoms with Gasteiger partial charge in [-0.1, -0.05) is 48.1 Å². The van der Waals surface area contributed by atoms with Crippen LogP contribution in [0.25, 0.3) is 0 Å². The van der Waals surface area contributed by atoms with Gasteiger partial charge in [0.25, 0.3) is 0 Å². The molecule has 1 aromatic carbocycles.